The standard InChI is InChI=1S/C27H28N2O3/c30-26(28(18-23-12-7-15-32-23)17-20-8-3-1-4-9-20)19-29(22-13-14-22)27(31)25-16-24(25)21-10-5-2-6-11-21/h1-12,15,22,24-25H,13-14,16-19H2. The second-order valence-electron chi connectivity index (χ2n) is 8.87. The molecule has 0 radical (unpaired) electrons. The third-order valence-electron chi connectivity index (χ3n) is 6.41. The van der Waals surface area contributed by atoms with Crippen molar-refractivity contribution in [2.45, 2.75) is 44.3 Å². The Labute approximate surface area is 188 Å². The van der Waals surface area contributed by atoms with E-state index in [4.69, 9.17) is 4.42 Å². The number of hydrogen-bond acceptors (Lipinski definition) is 3. The van der Waals surface area contributed by atoms with E-state index in [1.807, 2.05) is 65.6 Å². The largest absolute Gasteiger partial charge is 0.467 e. The van der Waals surface area contributed by atoms with Gasteiger partial charge in [-0.3, -0.25) is 9.59 Å². The van der Waals surface area contributed by atoms with Crippen molar-refractivity contribution in [2.24, 2.45) is 5.92 Å². The Kier molecular flexibility index (Phi) is 5.80. The fourth-order valence-corrected chi connectivity index (χ4v) is 4.40. The normalized spacial score (nSPS) is 19.4. The smallest absolute Gasteiger partial charge is 0.242 e. The molecule has 164 valence electrons. The second kappa shape index (κ2) is 9.03. The van der Waals surface area contributed by atoms with E-state index in [0.717, 1.165) is 30.6 Å². The van der Waals surface area contributed by atoms with Crippen LogP contribution in [0.1, 0.15) is 42.1 Å². The number of carbonyl (C=O) groups is 2. The van der Waals surface area contributed by atoms with Crippen molar-refractivity contribution in [2.75, 3.05) is 6.54 Å². The van der Waals surface area contributed by atoms with E-state index in [1.54, 1.807) is 11.2 Å². The number of nitrogens with zero attached hydrogens (tertiary/aromatic N) is 2. The highest BCUT2D eigenvalue weighted by Gasteiger charge is 2.48. The average molecular weight is 429 g/mol. The van der Waals surface area contributed by atoms with Gasteiger partial charge in [0.1, 0.15) is 12.3 Å². The number of amides is 2. The molecule has 3 aromatic rings. The Morgan fingerprint density at radius 3 is 2.25 bits per heavy atom. The van der Waals surface area contributed by atoms with Crippen molar-refractivity contribution in [3.63, 3.8) is 0 Å². The van der Waals surface area contributed by atoms with E-state index >= 15 is 0 Å². The first-order chi connectivity index (χ1) is 15.7. The summed E-state index contributed by atoms with van der Waals surface area (Å²) < 4.78 is 5.50. The van der Waals surface area contributed by atoms with E-state index in [0.29, 0.717) is 13.1 Å². The lowest BCUT2D eigenvalue weighted by Gasteiger charge is -2.27. The van der Waals surface area contributed by atoms with Crippen molar-refractivity contribution >= 4 is 11.8 Å². The maximum absolute atomic E-state index is 13.4. The molecule has 2 amide bonds. The molecule has 1 aromatic heterocycles. The van der Waals surface area contributed by atoms with Crippen LogP contribution >= 0.6 is 0 Å². The highest BCUT2D eigenvalue weighted by molar-refractivity contribution is 5.88. The Hall–Kier alpha value is -3.34. The Morgan fingerprint density at radius 1 is 0.875 bits per heavy atom. The van der Waals surface area contributed by atoms with Gasteiger partial charge in [0.25, 0.3) is 0 Å². The minimum absolute atomic E-state index is 0.00144. The third-order valence-corrected chi connectivity index (χ3v) is 6.41. The van der Waals surface area contributed by atoms with Crippen molar-refractivity contribution in [1.29, 1.82) is 0 Å². The molecule has 5 rings (SSSR count). The molecule has 2 saturated carbocycles. The Bertz CT molecular complexity index is 1050. The summed E-state index contributed by atoms with van der Waals surface area (Å²) in [4.78, 5) is 30.4. The summed E-state index contributed by atoms with van der Waals surface area (Å²) in [6, 6.07) is 24.1. The molecule has 0 bridgehead atoms. The van der Waals surface area contributed by atoms with Crippen LogP contribution in [0.15, 0.2) is 83.5 Å². The van der Waals surface area contributed by atoms with E-state index in [-0.39, 0.29) is 36.2 Å². The van der Waals surface area contributed by atoms with Gasteiger partial charge in [0.2, 0.25) is 11.8 Å². The van der Waals surface area contributed by atoms with E-state index < -0.39 is 0 Å². The van der Waals surface area contributed by atoms with Gasteiger partial charge in [-0.15, -0.1) is 0 Å². The fourth-order valence-electron chi connectivity index (χ4n) is 4.40. The van der Waals surface area contributed by atoms with Crippen LogP contribution in [-0.4, -0.2) is 34.2 Å². The lowest BCUT2D eigenvalue weighted by molar-refractivity contribution is -0.142. The zero-order valence-corrected chi connectivity index (χ0v) is 18.1. The SMILES string of the molecule is O=C(CN(C(=O)C1CC1c1ccccc1)C1CC1)N(Cc1ccccc1)Cc1ccco1. The first-order valence-corrected chi connectivity index (χ1v) is 11.4. The summed E-state index contributed by atoms with van der Waals surface area (Å²) in [6.07, 6.45) is 4.47. The number of carbonyl (C=O) groups excluding carboxylic acids is 2. The summed E-state index contributed by atoms with van der Waals surface area (Å²) in [5, 5.41) is 0. The summed E-state index contributed by atoms with van der Waals surface area (Å²) >= 11 is 0. The molecule has 2 atom stereocenters. The quantitative estimate of drug-likeness (QED) is 0.500. The number of rotatable bonds is 9. The minimum atomic E-state index is -0.0394. The van der Waals surface area contributed by atoms with E-state index in [2.05, 4.69) is 12.1 Å². The summed E-state index contributed by atoms with van der Waals surface area (Å²) in [5.41, 5.74) is 2.28. The van der Waals surface area contributed by atoms with Gasteiger partial charge in [-0.05, 0) is 48.4 Å². The Morgan fingerprint density at radius 2 is 1.59 bits per heavy atom. The van der Waals surface area contributed by atoms with Gasteiger partial charge in [0.15, 0.2) is 0 Å². The average Bonchev–Trinajstić information content (AvgIpc) is 3.76. The molecule has 2 aliphatic rings. The van der Waals surface area contributed by atoms with Crippen LogP contribution in [0.25, 0.3) is 0 Å². The van der Waals surface area contributed by atoms with Crippen LogP contribution in [0.4, 0.5) is 0 Å². The Balaban J connectivity index is 1.28. The zero-order chi connectivity index (χ0) is 21.9. The maximum Gasteiger partial charge on any atom is 0.242 e. The van der Waals surface area contributed by atoms with Gasteiger partial charge in [0, 0.05) is 18.5 Å². The molecule has 2 aromatic carbocycles. The molecular weight excluding hydrogens is 400 g/mol. The van der Waals surface area contributed by atoms with Crippen LogP contribution in [-0.2, 0) is 22.7 Å². The van der Waals surface area contributed by atoms with Gasteiger partial charge < -0.3 is 14.2 Å². The van der Waals surface area contributed by atoms with Crippen LogP contribution in [0.3, 0.4) is 0 Å². The topological polar surface area (TPSA) is 53.8 Å². The van der Waals surface area contributed by atoms with E-state index in [9.17, 15) is 9.59 Å². The predicted octanol–water partition coefficient (Wildman–Crippen LogP) is 4.60. The minimum Gasteiger partial charge on any atom is -0.467 e. The molecule has 0 spiro atoms. The second-order valence-corrected chi connectivity index (χ2v) is 8.87. The van der Waals surface area contributed by atoms with Crippen LogP contribution in [0.2, 0.25) is 0 Å². The molecule has 0 aliphatic heterocycles. The number of benzene rings is 2. The van der Waals surface area contributed by atoms with Crippen LogP contribution < -0.4 is 0 Å². The molecule has 0 N–H and O–H groups in total. The monoisotopic (exact) mass is 428 g/mol. The zero-order valence-electron chi connectivity index (χ0n) is 18.1. The molecule has 1 heterocycles. The van der Waals surface area contributed by atoms with Gasteiger partial charge in [-0.1, -0.05) is 60.7 Å². The van der Waals surface area contributed by atoms with Crippen molar-refractivity contribution < 1.29 is 14.0 Å². The molecule has 32 heavy (non-hydrogen) atoms. The van der Waals surface area contributed by atoms with Gasteiger partial charge in [0.05, 0.1) is 12.8 Å². The van der Waals surface area contributed by atoms with Crippen molar-refractivity contribution in [3.05, 3.63) is 95.9 Å². The lowest BCUT2D eigenvalue weighted by Crippen LogP contribution is -2.44. The molecule has 2 aliphatic carbocycles. The first kappa shape index (κ1) is 20.6. The number of furan rings is 1. The predicted molar refractivity (Wildman–Crippen MR) is 121 cm³/mol. The van der Waals surface area contributed by atoms with Gasteiger partial charge in [-0.25, -0.2) is 0 Å². The highest BCUT2D eigenvalue weighted by Crippen LogP contribution is 2.49. The molecule has 5 heteroatoms. The molecular formula is C27H28N2O3. The number of hydrogen-bond donors (Lipinski definition) is 0. The molecule has 2 unspecified atom stereocenters. The highest BCUT2D eigenvalue weighted by atomic mass is 16.3. The first-order valence-electron chi connectivity index (χ1n) is 11.4. The third kappa shape index (κ3) is 4.77. The molecule has 2 fully saturated rings. The lowest BCUT2D eigenvalue weighted by atomic mass is 10.1. The van der Waals surface area contributed by atoms with Gasteiger partial charge in [-0.2, -0.15) is 0 Å². The fraction of sp³-hybridized carbons (Fsp3) is 0.333. The van der Waals surface area contributed by atoms with Crippen LogP contribution in [0, 0.1) is 5.92 Å². The summed E-state index contributed by atoms with van der Waals surface area (Å²) in [5.74, 6) is 1.11. The van der Waals surface area contributed by atoms with Crippen molar-refractivity contribution in [1.82, 2.24) is 9.80 Å². The van der Waals surface area contributed by atoms with Crippen molar-refractivity contribution in [3.8, 4) is 0 Å². The molecule has 5 nitrogen and oxygen atoms in total. The van der Waals surface area contributed by atoms with Crippen LogP contribution in [0.5, 0.6) is 0 Å². The summed E-state index contributed by atoms with van der Waals surface area (Å²) in [7, 11) is 0. The molecule has 0 saturated heterocycles. The van der Waals surface area contributed by atoms with Gasteiger partial charge >= 0.3 is 0 Å². The summed E-state index contributed by atoms with van der Waals surface area (Å²) in [6.45, 7) is 1.02. The maximum atomic E-state index is 13.4. The van der Waals surface area contributed by atoms with E-state index in [1.165, 1.54) is 5.56 Å².